The van der Waals surface area contributed by atoms with Crippen LogP contribution in [0.2, 0.25) is 5.02 Å². The minimum absolute atomic E-state index is 0.407. The maximum atomic E-state index is 6.01. The smallest absolute Gasteiger partial charge is 0.113 e. The molecule has 80 valence electrons. The number of hydrogen-bond acceptors (Lipinski definition) is 3. The zero-order chi connectivity index (χ0) is 11.2. The van der Waals surface area contributed by atoms with Crippen LogP contribution in [-0.2, 0) is 5.54 Å². The fraction of sp³-hybridized carbons (Fsp3) is 0.300. The van der Waals surface area contributed by atoms with Gasteiger partial charge in [0.1, 0.15) is 5.01 Å². The molecule has 1 heterocycles. The fourth-order valence-corrected chi connectivity index (χ4v) is 3.37. The Bertz CT molecular complexity index is 516. The van der Waals surface area contributed by atoms with Crippen LogP contribution in [0.5, 0.6) is 0 Å². The van der Waals surface area contributed by atoms with Crippen LogP contribution >= 0.6 is 38.9 Å². The first kappa shape index (κ1) is 11.3. The number of nitrogens with two attached hydrogens (primary N) is 1. The molecule has 15 heavy (non-hydrogen) atoms. The Balaban J connectivity index is 2.71. The molecule has 1 aromatic carbocycles. The second kappa shape index (κ2) is 3.70. The van der Waals surface area contributed by atoms with Crippen molar-refractivity contribution in [2.45, 2.75) is 19.4 Å². The highest BCUT2D eigenvalue weighted by Crippen LogP contribution is 2.34. The molecule has 0 spiro atoms. The van der Waals surface area contributed by atoms with Gasteiger partial charge in [-0.3, -0.25) is 0 Å². The highest BCUT2D eigenvalue weighted by molar-refractivity contribution is 9.10. The largest absolute Gasteiger partial charge is 0.320 e. The summed E-state index contributed by atoms with van der Waals surface area (Å²) in [6.07, 6.45) is 0. The molecule has 2 rings (SSSR count). The monoisotopic (exact) mass is 304 g/mol. The van der Waals surface area contributed by atoms with E-state index in [9.17, 15) is 0 Å². The maximum Gasteiger partial charge on any atom is 0.113 e. The second-order valence-electron chi connectivity index (χ2n) is 3.98. The van der Waals surface area contributed by atoms with E-state index in [1.54, 1.807) is 11.3 Å². The van der Waals surface area contributed by atoms with Crippen LogP contribution in [0.3, 0.4) is 0 Å². The molecule has 2 N–H and O–H groups in total. The van der Waals surface area contributed by atoms with E-state index in [1.807, 2.05) is 26.0 Å². The molecule has 0 radical (unpaired) electrons. The van der Waals surface area contributed by atoms with Crippen LogP contribution in [0.1, 0.15) is 18.9 Å². The molecule has 0 aliphatic rings. The van der Waals surface area contributed by atoms with Gasteiger partial charge in [0, 0.05) is 9.50 Å². The van der Waals surface area contributed by atoms with Gasteiger partial charge >= 0.3 is 0 Å². The molecule has 0 fully saturated rings. The Morgan fingerprint density at radius 1 is 1.47 bits per heavy atom. The van der Waals surface area contributed by atoms with Crippen LogP contribution in [0.15, 0.2) is 16.6 Å². The molecule has 2 nitrogen and oxygen atoms in total. The topological polar surface area (TPSA) is 38.9 Å². The van der Waals surface area contributed by atoms with E-state index in [-0.39, 0.29) is 0 Å². The number of fused-ring (bicyclic) bond motifs is 1. The predicted octanol–water partition coefficient (Wildman–Crippen LogP) is 3.91. The van der Waals surface area contributed by atoms with Gasteiger partial charge in [-0.2, -0.15) is 0 Å². The van der Waals surface area contributed by atoms with Crippen molar-refractivity contribution in [1.29, 1.82) is 0 Å². The highest BCUT2D eigenvalue weighted by Gasteiger charge is 2.20. The molecule has 0 saturated carbocycles. The minimum atomic E-state index is -0.407. The number of halogens is 2. The fourth-order valence-electron chi connectivity index (χ4n) is 1.23. The molecular formula is C10H10BrClN2S. The van der Waals surface area contributed by atoms with Gasteiger partial charge in [-0.05, 0) is 41.9 Å². The van der Waals surface area contributed by atoms with Crippen molar-refractivity contribution in [3.8, 4) is 0 Å². The van der Waals surface area contributed by atoms with Crippen LogP contribution in [0.4, 0.5) is 0 Å². The number of aromatic nitrogens is 1. The Hall–Kier alpha value is -0.160. The van der Waals surface area contributed by atoms with Crippen molar-refractivity contribution in [3.63, 3.8) is 0 Å². The molecule has 0 aliphatic heterocycles. The van der Waals surface area contributed by atoms with Gasteiger partial charge in [0.2, 0.25) is 0 Å². The van der Waals surface area contributed by atoms with Crippen LogP contribution in [0, 0.1) is 0 Å². The summed E-state index contributed by atoms with van der Waals surface area (Å²) in [4.78, 5) is 4.51. The average molecular weight is 306 g/mol. The molecular weight excluding hydrogens is 296 g/mol. The van der Waals surface area contributed by atoms with E-state index in [4.69, 9.17) is 17.3 Å². The molecule has 0 bridgehead atoms. The molecule has 0 unspecified atom stereocenters. The SMILES string of the molecule is CC(C)(N)c1nc2c(Br)cc(Cl)cc2s1. The lowest BCUT2D eigenvalue weighted by Gasteiger charge is -2.13. The van der Waals surface area contributed by atoms with Crippen molar-refractivity contribution in [2.24, 2.45) is 5.73 Å². The van der Waals surface area contributed by atoms with E-state index >= 15 is 0 Å². The second-order valence-corrected chi connectivity index (χ2v) is 6.30. The lowest BCUT2D eigenvalue weighted by molar-refractivity contribution is 0.551. The lowest BCUT2D eigenvalue weighted by atomic mass is 10.1. The van der Waals surface area contributed by atoms with Crippen molar-refractivity contribution >= 4 is 49.1 Å². The van der Waals surface area contributed by atoms with Gasteiger partial charge in [-0.25, -0.2) is 4.98 Å². The van der Waals surface area contributed by atoms with E-state index < -0.39 is 5.54 Å². The standard InChI is InChI=1S/C10H10BrClN2S/c1-10(2,13)9-14-8-6(11)3-5(12)4-7(8)15-9/h3-4H,13H2,1-2H3. The minimum Gasteiger partial charge on any atom is -0.320 e. The van der Waals surface area contributed by atoms with Crippen molar-refractivity contribution in [2.75, 3.05) is 0 Å². The first-order valence-corrected chi connectivity index (χ1v) is 6.41. The summed E-state index contributed by atoms with van der Waals surface area (Å²) in [5.41, 5.74) is 6.53. The molecule has 2 aromatic rings. The van der Waals surface area contributed by atoms with E-state index in [0.29, 0.717) is 5.02 Å². The molecule has 5 heteroatoms. The van der Waals surface area contributed by atoms with E-state index in [0.717, 1.165) is 19.7 Å². The van der Waals surface area contributed by atoms with Gasteiger partial charge in [0.05, 0.1) is 15.8 Å². The third kappa shape index (κ3) is 2.18. The normalized spacial score (nSPS) is 12.3. The summed E-state index contributed by atoms with van der Waals surface area (Å²) in [7, 11) is 0. The number of nitrogens with zero attached hydrogens (tertiary/aromatic N) is 1. The predicted molar refractivity (Wildman–Crippen MR) is 69.5 cm³/mol. The highest BCUT2D eigenvalue weighted by atomic mass is 79.9. The first-order chi connectivity index (χ1) is 6.88. The van der Waals surface area contributed by atoms with E-state index in [2.05, 4.69) is 20.9 Å². The maximum absolute atomic E-state index is 6.01. The Morgan fingerprint density at radius 3 is 2.73 bits per heavy atom. The van der Waals surface area contributed by atoms with E-state index in [1.165, 1.54) is 0 Å². The summed E-state index contributed by atoms with van der Waals surface area (Å²) in [6, 6.07) is 3.76. The lowest BCUT2D eigenvalue weighted by Crippen LogP contribution is -2.28. The summed E-state index contributed by atoms with van der Waals surface area (Å²) in [5, 5.41) is 1.62. The van der Waals surface area contributed by atoms with Crippen molar-refractivity contribution < 1.29 is 0 Å². The zero-order valence-electron chi connectivity index (χ0n) is 8.34. The van der Waals surface area contributed by atoms with Gasteiger partial charge in [-0.15, -0.1) is 11.3 Å². The number of thiazole rings is 1. The third-order valence-corrected chi connectivity index (χ3v) is 4.13. The number of hydrogen-bond donors (Lipinski definition) is 1. The zero-order valence-corrected chi connectivity index (χ0v) is 11.5. The van der Waals surface area contributed by atoms with Crippen LogP contribution in [-0.4, -0.2) is 4.98 Å². The summed E-state index contributed by atoms with van der Waals surface area (Å²) in [5.74, 6) is 0. The number of rotatable bonds is 1. The molecule has 0 aliphatic carbocycles. The van der Waals surface area contributed by atoms with Gasteiger partial charge in [0.25, 0.3) is 0 Å². The first-order valence-electron chi connectivity index (χ1n) is 4.43. The molecule has 0 amide bonds. The van der Waals surface area contributed by atoms with Gasteiger partial charge in [-0.1, -0.05) is 11.6 Å². The summed E-state index contributed by atoms with van der Waals surface area (Å²) < 4.78 is 1.97. The number of benzene rings is 1. The van der Waals surface area contributed by atoms with Crippen LogP contribution < -0.4 is 5.73 Å². The van der Waals surface area contributed by atoms with Crippen molar-refractivity contribution in [3.05, 3.63) is 26.6 Å². The molecule has 1 aromatic heterocycles. The van der Waals surface area contributed by atoms with Gasteiger partial charge < -0.3 is 5.73 Å². The third-order valence-electron chi connectivity index (χ3n) is 1.96. The summed E-state index contributed by atoms with van der Waals surface area (Å²) >= 11 is 11.0. The Kier molecular flexibility index (Phi) is 2.79. The Morgan fingerprint density at radius 2 is 2.13 bits per heavy atom. The molecule has 0 saturated heterocycles. The van der Waals surface area contributed by atoms with Crippen molar-refractivity contribution in [1.82, 2.24) is 4.98 Å². The summed E-state index contributed by atoms with van der Waals surface area (Å²) in [6.45, 7) is 3.89. The Labute approximate surface area is 106 Å². The quantitative estimate of drug-likeness (QED) is 0.867. The van der Waals surface area contributed by atoms with Crippen LogP contribution in [0.25, 0.3) is 10.2 Å². The molecule has 0 atom stereocenters. The average Bonchev–Trinajstić information content (AvgIpc) is 2.46. The van der Waals surface area contributed by atoms with Gasteiger partial charge in [0.15, 0.2) is 0 Å².